The maximum atomic E-state index is 3.59. The Hall–Kier alpha value is -0.0800. The van der Waals surface area contributed by atoms with Crippen LogP contribution in [0.25, 0.3) is 0 Å². The van der Waals surface area contributed by atoms with Gasteiger partial charge in [0.2, 0.25) is 0 Å². The number of nitrogens with one attached hydrogen (secondary N) is 1. The lowest BCUT2D eigenvalue weighted by Gasteiger charge is -2.34. The molecule has 0 bridgehead atoms. The first kappa shape index (κ1) is 9.17. The lowest BCUT2D eigenvalue weighted by Crippen LogP contribution is -2.50. The van der Waals surface area contributed by atoms with Gasteiger partial charge in [-0.2, -0.15) is 0 Å². The van der Waals surface area contributed by atoms with Gasteiger partial charge in [-0.3, -0.25) is 0 Å². The Bertz CT molecular complexity index is 210. The highest BCUT2D eigenvalue weighted by atomic mass is 15.2. The van der Waals surface area contributed by atoms with Gasteiger partial charge >= 0.3 is 0 Å². The van der Waals surface area contributed by atoms with Crippen molar-refractivity contribution in [3.63, 3.8) is 0 Å². The van der Waals surface area contributed by atoms with Crippen molar-refractivity contribution in [2.45, 2.75) is 37.6 Å². The molecule has 2 atom stereocenters. The van der Waals surface area contributed by atoms with E-state index in [9.17, 15) is 0 Å². The van der Waals surface area contributed by atoms with Gasteiger partial charge in [0.05, 0.1) is 0 Å². The number of nitrogens with zero attached hydrogens (tertiary/aromatic N) is 1. The summed E-state index contributed by atoms with van der Waals surface area (Å²) in [6, 6.07) is 0. The van der Waals surface area contributed by atoms with Gasteiger partial charge < -0.3 is 10.2 Å². The molecule has 0 radical (unpaired) electrons. The molecule has 2 aliphatic carbocycles. The summed E-state index contributed by atoms with van der Waals surface area (Å²) >= 11 is 0. The molecule has 0 aromatic carbocycles. The fourth-order valence-corrected chi connectivity index (χ4v) is 3.59. The van der Waals surface area contributed by atoms with Crippen LogP contribution < -0.4 is 5.32 Å². The molecule has 0 aromatic heterocycles. The zero-order chi connectivity index (χ0) is 9.60. The molecule has 1 saturated heterocycles. The van der Waals surface area contributed by atoms with E-state index in [0.717, 1.165) is 11.8 Å². The van der Waals surface area contributed by atoms with Crippen LogP contribution in [0.3, 0.4) is 0 Å². The maximum Gasteiger partial charge on any atom is 0.0306 e. The second kappa shape index (κ2) is 3.21. The maximum absolute atomic E-state index is 3.59. The summed E-state index contributed by atoms with van der Waals surface area (Å²) < 4.78 is 0. The summed E-state index contributed by atoms with van der Waals surface area (Å²) in [5.41, 5.74) is 0.483. The first-order valence-electron chi connectivity index (χ1n) is 6.23. The highest BCUT2D eigenvalue weighted by Gasteiger charge is 2.47. The van der Waals surface area contributed by atoms with E-state index in [1.165, 1.54) is 51.7 Å². The molecular formula is C12H22N2. The number of likely N-dealkylation sites (N-methyl/N-ethyl adjacent to an activating group) is 1. The van der Waals surface area contributed by atoms with Crippen LogP contribution in [-0.2, 0) is 0 Å². The van der Waals surface area contributed by atoms with Crippen molar-refractivity contribution in [3.8, 4) is 0 Å². The first-order valence-corrected chi connectivity index (χ1v) is 6.23. The predicted molar refractivity (Wildman–Crippen MR) is 58.3 cm³/mol. The molecular weight excluding hydrogens is 172 g/mol. The molecule has 2 nitrogen and oxygen atoms in total. The Labute approximate surface area is 87.0 Å². The van der Waals surface area contributed by atoms with Crippen LogP contribution >= 0.6 is 0 Å². The normalized spacial score (nSPS) is 40.1. The topological polar surface area (TPSA) is 15.3 Å². The quantitative estimate of drug-likeness (QED) is 0.732. The van der Waals surface area contributed by atoms with E-state index in [1.54, 1.807) is 0 Å². The van der Waals surface area contributed by atoms with Crippen LogP contribution in [0, 0.1) is 11.8 Å². The largest absolute Gasteiger partial charge is 0.313 e. The Morgan fingerprint density at radius 2 is 1.86 bits per heavy atom. The zero-order valence-electron chi connectivity index (χ0n) is 9.26. The highest BCUT2D eigenvalue weighted by molar-refractivity contribution is 5.01. The molecule has 2 unspecified atom stereocenters. The van der Waals surface area contributed by atoms with Crippen molar-refractivity contribution >= 4 is 0 Å². The third-order valence-electron chi connectivity index (χ3n) is 4.67. The third-order valence-corrected chi connectivity index (χ3v) is 4.67. The van der Waals surface area contributed by atoms with Crippen molar-refractivity contribution < 1.29 is 0 Å². The summed E-state index contributed by atoms with van der Waals surface area (Å²) in [6.07, 6.45) is 7.19. The fraction of sp³-hybridized carbons (Fsp3) is 1.00. The summed E-state index contributed by atoms with van der Waals surface area (Å²) in [5.74, 6) is 2.18. The van der Waals surface area contributed by atoms with Crippen molar-refractivity contribution in [1.29, 1.82) is 0 Å². The van der Waals surface area contributed by atoms with Gasteiger partial charge in [-0.1, -0.05) is 12.8 Å². The number of piperidine rings is 1. The predicted octanol–water partition coefficient (Wildman–Crippen LogP) is 1.47. The molecule has 3 aliphatic rings. The molecule has 1 heterocycles. The molecule has 1 aliphatic heterocycles. The van der Waals surface area contributed by atoms with Crippen molar-refractivity contribution in [3.05, 3.63) is 0 Å². The summed E-state index contributed by atoms with van der Waals surface area (Å²) in [7, 11) is 2.15. The molecule has 3 fully saturated rings. The van der Waals surface area contributed by atoms with E-state index in [1.807, 2.05) is 0 Å². The van der Waals surface area contributed by atoms with E-state index >= 15 is 0 Å². The SMILES string of the molecule is CNC1(CN2CC3CC3C2)CCCC1. The molecule has 0 spiro atoms. The van der Waals surface area contributed by atoms with Gasteiger partial charge in [0, 0.05) is 25.2 Å². The molecule has 3 rings (SSSR count). The number of rotatable bonds is 3. The van der Waals surface area contributed by atoms with Crippen molar-refractivity contribution in [2.24, 2.45) is 11.8 Å². The van der Waals surface area contributed by atoms with E-state index in [2.05, 4.69) is 17.3 Å². The number of fused-ring (bicyclic) bond motifs is 1. The van der Waals surface area contributed by atoms with Gasteiger partial charge in [-0.15, -0.1) is 0 Å². The lowest BCUT2D eigenvalue weighted by molar-refractivity contribution is 0.203. The number of hydrogen-bond donors (Lipinski definition) is 1. The van der Waals surface area contributed by atoms with Gasteiger partial charge in [0.15, 0.2) is 0 Å². The minimum absolute atomic E-state index is 0.483. The molecule has 2 heteroatoms. The molecule has 1 N–H and O–H groups in total. The summed E-state index contributed by atoms with van der Waals surface area (Å²) in [4.78, 5) is 2.71. The Morgan fingerprint density at radius 3 is 2.43 bits per heavy atom. The minimum atomic E-state index is 0.483. The zero-order valence-corrected chi connectivity index (χ0v) is 9.26. The summed E-state index contributed by atoms with van der Waals surface area (Å²) in [6.45, 7) is 4.11. The molecule has 2 saturated carbocycles. The first-order chi connectivity index (χ1) is 6.81. The van der Waals surface area contributed by atoms with Crippen LogP contribution in [0.1, 0.15) is 32.1 Å². The van der Waals surface area contributed by atoms with E-state index in [4.69, 9.17) is 0 Å². The monoisotopic (exact) mass is 194 g/mol. The van der Waals surface area contributed by atoms with Crippen molar-refractivity contribution in [2.75, 3.05) is 26.7 Å². The molecule has 14 heavy (non-hydrogen) atoms. The van der Waals surface area contributed by atoms with Gasteiger partial charge in [0.1, 0.15) is 0 Å². The van der Waals surface area contributed by atoms with Gasteiger partial charge in [0.25, 0.3) is 0 Å². The highest BCUT2D eigenvalue weighted by Crippen LogP contribution is 2.45. The van der Waals surface area contributed by atoms with Gasteiger partial charge in [-0.05, 0) is 38.1 Å². The third kappa shape index (κ3) is 1.49. The van der Waals surface area contributed by atoms with Crippen LogP contribution in [0.5, 0.6) is 0 Å². The van der Waals surface area contributed by atoms with Crippen molar-refractivity contribution in [1.82, 2.24) is 10.2 Å². The minimum Gasteiger partial charge on any atom is -0.313 e. The van der Waals surface area contributed by atoms with Crippen LogP contribution in [-0.4, -0.2) is 37.1 Å². The van der Waals surface area contributed by atoms with Crippen LogP contribution in [0.4, 0.5) is 0 Å². The van der Waals surface area contributed by atoms with Crippen LogP contribution in [0.2, 0.25) is 0 Å². The molecule has 0 aromatic rings. The Kier molecular flexibility index (Phi) is 2.10. The number of likely N-dealkylation sites (tertiary alicyclic amines) is 1. The average Bonchev–Trinajstić information content (AvgIpc) is 2.68. The van der Waals surface area contributed by atoms with E-state index in [0.29, 0.717) is 5.54 Å². The second-order valence-corrected chi connectivity index (χ2v) is 5.69. The Balaban J connectivity index is 1.59. The smallest absolute Gasteiger partial charge is 0.0306 e. The van der Waals surface area contributed by atoms with E-state index in [-0.39, 0.29) is 0 Å². The molecule has 0 amide bonds. The van der Waals surface area contributed by atoms with E-state index < -0.39 is 0 Å². The molecule has 80 valence electrons. The summed E-state index contributed by atoms with van der Waals surface area (Å²) in [5, 5.41) is 3.59. The van der Waals surface area contributed by atoms with Gasteiger partial charge in [-0.25, -0.2) is 0 Å². The lowest BCUT2D eigenvalue weighted by atomic mass is 9.97. The number of hydrogen-bond acceptors (Lipinski definition) is 2. The Morgan fingerprint density at radius 1 is 1.21 bits per heavy atom. The van der Waals surface area contributed by atoms with Crippen LogP contribution in [0.15, 0.2) is 0 Å². The second-order valence-electron chi connectivity index (χ2n) is 5.69. The standard InChI is InChI=1S/C12H22N2/c1-13-12(4-2-3-5-12)9-14-7-10-6-11(10)8-14/h10-11,13H,2-9H2,1H3. The average molecular weight is 194 g/mol. The fourth-order valence-electron chi connectivity index (χ4n) is 3.59.